The Morgan fingerprint density at radius 3 is 0.893 bits per heavy atom. The van der Waals surface area contributed by atoms with Crippen molar-refractivity contribution in [3.63, 3.8) is 0 Å². The first-order valence-electron chi connectivity index (χ1n) is 31.5. The number of rotatable bonds is 40. The van der Waals surface area contributed by atoms with Crippen LogP contribution in [0.2, 0.25) is 0 Å². The number of hydrogen-bond donors (Lipinski definition) is 5. The van der Waals surface area contributed by atoms with Crippen LogP contribution in [0.3, 0.4) is 0 Å². The van der Waals surface area contributed by atoms with Crippen molar-refractivity contribution in [3.05, 3.63) is 0 Å². The first-order chi connectivity index (χ1) is 39.6. The average molecular weight is 1190 g/mol. The van der Waals surface area contributed by atoms with Crippen LogP contribution in [0.4, 0.5) is 19.2 Å². The number of nitriles is 4. The van der Waals surface area contributed by atoms with Crippen molar-refractivity contribution in [1.82, 2.24) is 35.6 Å². The predicted molar refractivity (Wildman–Crippen MR) is 339 cm³/mol. The molecule has 21 heteroatoms. The van der Waals surface area contributed by atoms with Crippen LogP contribution < -0.4 is 27.4 Å². The monoisotopic (exact) mass is 1190 g/mol. The number of carbonyl (C=O) groups is 4. The molecule has 0 spiro atoms. The largest absolute Gasteiger partial charge is 0.444 e. The topological polar surface area (TPSA) is 301 Å². The van der Waals surface area contributed by atoms with E-state index >= 15 is 0 Å². The lowest BCUT2D eigenvalue weighted by atomic mass is 10.1. The first kappa shape index (κ1) is 85.3. The molecule has 0 saturated heterocycles. The Bertz CT molecular complexity index is 1660. The number of nitrogens with one attached hydrogen (secondary N) is 3. The van der Waals surface area contributed by atoms with E-state index in [0.29, 0.717) is 78.0 Å². The third-order valence-corrected chi connectivity index (χ3v) is 11.5. The summed E-state index contributed by atoms with van der Waals surface area (Å²) in [7, 11) is 0. The molecule has 0 aromatic rings. The zero-order chi connectivity index (χ0) is 64.6. The number of amides is 4. The molecule has 0 atom stereocenters. The Balaban J connectivity index is -0.000000584. The predicted octanol–water partition coefficient (Wildman–Crippen LogP) is 11.9. The van der Waals surface area contributed by atoms with E-state index in [2.05, 4.69) is 41.9 Å². The molecule has 0 unspecified atom stereocenters. The van der Waals surface area contributed by atoms with Crippen molar-refractivity contribution < 1.29 is 38.1 Å². The summed E-state index contributed by atoms with van der Waals surface area (Å²) in [6.07, 6.45) is 17.6. The van der Waals surface area contributed by atoms with Crippen LogP contribution in [-0.2, 0) is 18.9 Å². The fourth-order valence-corrected chi connectivity index (χ4v) is 7.25. The normalized spacial score (nSPS) is 11.0. The summed E-state index contributed by atoms with van der Waals surface area (Å²) < 4.78 is 22.0. The summed E-state index contributed by atoms with van der Waals surface area (Å²) in [5, 5.41) is 44.3. The van der Waals surface area contributed by atoms with Gasteiger partial charge in [0.15, 0.2) is 0 Å². The molecule has 0 heterocycles. The van der Waals surface area contributed by atoms with Crippen LogP contribution in [0.5, 0.6) is 0 Å². The lowest BCUT2D eigenvalue weighted by Gasteiger charge is -2.29. The first-order valence-corrected chi connectivity index (χ1v) is 31.5. The molecular weight excluding hydrogens is 1070 g/mol. The maximum Gasteiger partial charge on any atom is 0.410 e. The maximum atomic E-state index is 12.8. The molecule has 21 nitrogen and oxygen atoms in total. The van der Waals surface area contributed by atoms with Crippen molar-refractivity contribution in [2.24, 2.45) is 11.5 Å². The van der Waals surface area contributed by atoms with Gasteiger partial charge >= 0.3 is 24.4 Å². The van der Waals surface area contributed by atoms with E-state index in [9.17, 15) is 19.2 Å². The van der Waals surface area contributed by atoms with Crippen LogP contribution in [0.25, 0.3) is 0 Å². The Hall–Kier alpha value is -5.16. The molecule has 0 aromatic carbocycles. The number of carbonyl (C=O) groups excluding carboxylic acids is 4. The van der Waals surface area contributed by atoms with Gasteiger partial charge in [-0.2, -0.15) is 21.0 Å². The van der Waals surface area contributed by atoms with Gasteiger partial charge in [-0.3, -0.25) is 0 Å². The number of ether oxygens (including phenoxy) is 4. The molecule has 488 valence electrons. The minimum absolute atomic E-state index is 0.228. The Labute approximate surface area is 511 Å². The maximum absolute atomic E-state index is 12.8. The Morgan fingerprint density at radius 1 is 0.333 bits per heavy atom. The average Bonchev–Trinajstić information content (AvgIpc) is 3.41. The van der Waals surface area contributed by atoms with E-state index in [4.69, 9.17) is 51.5 Å². The molecule has 0 aliphatic carbocycles. The second kappa shape index (κ2) is 55.7. The summed E-state index contributed by atoms with van der Waals surface area (Å²) in [6.45, 7) is 37.7. The zero-order valence-corrected chi connectivity index (χ0v) is 55.7. The quantitative estimate of drug-likeness (QED) is 0.0281. The molecule has 0 fully saturated rings. The van der Waals surface area contributed by atoms with Crippen LogP contribution in [0.1, 0.15) is 232 Å². The number of nitrogens with two attached hydrogens (primary N) is 2. The van der Waals surface area contributed by atoms with Crippen molar-refractivity contribution in [1.29, 1.82) is 21.0 Å². The molecule has 0 radical (unpaired) electrons. The Morgan fingerprint density at radius 2 is 0.595 bits per heavy atom. The minimum atomic E-state index is -0.604. The van der Waals surface area contributed by atoms with Gasteiger partial charge in [0.1, 0.15) is 22.4 Å². The van der Waals surface area contributed by atoms with Gasteiger partial charge in [-0.25, -0.2) is 19.2 Å². The van der Waals surface area contributed by atoms with Crippen molar-refractivity contribution in [2.45, 2.75) is 254 Å². The number of unbranched alkanes of at least 4 members (excludes halogenated alkanes) is 10. The summed E-state index contributed by atoms with van der Waals surface area (Å²) >= 11 is 0. The third kappa shape index (κ3) is 64.4. The van der Waals surface area contributed by atoms with E-state index < -0.39 is 34.6 Å². The molecular formula is C63H123N13O8. The van der Waals surface area contributed by atoms with Crippen LogP contribution in [0, 0.1) is 45.3 Å². The molecule has 84 heavy (non-hydrogen) atoms. The number of hydrogen-bond acceptors (Lipinski definition) is 17. The molecule has 0 saturated carbocycles. The second-order valence-corrected chi connectivity index (χ2v) is 24.6. The van der Waals surface area contributed by atoms with Crippen molar-refractivity contribution in [3.8, 4) is 24.3 Å². The standard InChI is InChI=1S/C28H58N4O4.C20H34N4O4.C11H19N3.C4H12N2/c1-9-11-17-29-19-15-23-31(25(33)35-27(3,4)5)21-13-14-22-32(26(34)36-28(6,7)8)24-16-20-30-18-12-10-2;1-19(2,3)27-17(25)23(15-9-11-21)13-7-8-14-24(16-10-12-22)18(26)28-20(4,5)6;12-8-5-3-1-2-4-6-10-14-11-7-9-13;5-3-1-2-4-6/h29-30H,9-24H2,1-8H3;7-10,13-16H2,1-6H3;14H,1-7,10-11H2;1-6H2. The number of nitrogens with zero attached hydrogens (tertiary/aromatic N) is 8. The molecule has 0 bridgehead atoms. The van der Waals surface area contributed by atoms with E-state index in [1.165, 1.54) is 61.2 Å². The molecule has 0 rings (SSSR count). The van der Waals surface area contributed by atoms with Gasteiger partial charge in [0, 0.05) is 71.7 Å². The van der Waals surface area contributed by atoms with E-state index in [1.54, 1.807) is 41.5 Å². The minimum Gasteiger partial charge on any atom is -0.444 e. The summed E-state index contributed by atoms with van der Waals surface area (Å²) in [6, 6.07) is 8.32. The van der Waals surface area contributed by atoms with Gasteiger partial charge in [-0.05, 0) is 206 Å². The summed E-state index contributed by atoms with van der Waals surface area (Å²) in [5.41, 5.74) is 8.07. The van der Waals surface area contributed by atoms with E-state index in [1.807, 2.05) is 63.5 Å². The molecule has 0 aliphatic rings. The summed E-state index contributed by atoms with van der Waals surface area (Å²) in [4.78, 5) is 56.7. The van der Waals surface area contributed by atoms with Gasteiger partial charge in [0.2, 0.25) is 0 Å². The van der Waals surface area contributed by atoms with Gasteiger partial charge in [0.05, 0.1) is 37.1 Å². The van der Waals surface area contributed by atoms with Gasteiger partial charge < -0.3 is 66.0 Å². The van der Waals surface area contributed by atoms with Crippen molar-refractivity contribution >= 4 is 24.4 Å². The van der Waals surface area contributed by atoms with Gasteiger partial charge in [-0.15, -0.1) is 0 Å². The van der Waals surface area contributed by atoms with Crippen molar-refractivity contribution in [2.75, 3.05) is 105 Å². The van der Waals surface area contributed by atoms with E-state index in [-0.39, 0.29) is 25.0 Å². The lowest BCUT2D eigenvalue weighted by Crippen LogP contribution is -2.40. The molecule has 4 amide bonds. The SMILES string of the molecule is CC(C)(C)OC(=O)N(CCC#N)CCCCN(CCC#N)C(=O)OC(C)(C)C.CCCCNCCCN(CCCCN(CCCNCCCC)C(=O)OC(C)(C)C)C(=O)OC(C)(C)C.N#CCCCCCCCNCCC#N.NCCCCN. The van der Waals surface area contributed by atoms with Crippen LogP contribution >= 0.6 is 0 Å². The lowest BCUT2D eigenvalue weighted by molar-refractivity contribution is 0.0208. The fraction of sp³-hybridized carbons (Fsp3) is 0.873. The Kier molecular flexibility index (Phi) is 56.5. The van der Waals surface area contributed by atoms with E-state index in [0.717, 1.165) is 97.3 Å². The smallest absolute Gasteiger partial charge is 0.410 e. The van der Waals surface area contributed by atoms with Crippen LogP contribution in [-0.4, -0.2) is 171 Å². The fourth-order valence-electron chi connectivity index (χ4n) is 7.25. The third-order valence-electron chi connectivity index (χ3n) is 11.5. The molecule has 0 aliphatic heterocycles. The van der Waals surface area contributed by atoms with Gasteiger partial charge in [-0.1, -0.05) is 46.0 Å². The molecule has 7 N–H and O–H groups in total. The van der Waals surface area contributed by atoms with Gasteiger partial charge in [0.25, 0.3) is 0 Å². The zero-order valence-electron chi connectivity index (χ0n) is 55.7. The highest BCUT2D eigenvalue weighted by atomic mass is 16.6. The summed E-state index contributed by atoms with van der Waals surface area (Å²) in [5.74, 6) is 0. The van der Waals surface area contributed by atoms with Crippen LogP contribution in [0.15, 0.2) is 0 Å². The second-order valence-electron chi connectivity index (χ2n) is 24.6. The highest BCUT2D eigenvalue weighted by Crippen LogP contribution is 2.16. The highest BCUT2D eigenvalue weighted by molar-refractivity contribution is 5.69. The molecule has 0 aromatic heterocycles. The highest BCUT2D eigenvalue weighted by Gasteiger charge is 2.26.